The van der Waals surface area contributed by atoms with E-state index in [0.717, 1.165) is 32.7 Å². The molecule has 0 bridgehead atoms. The smallest absolute Gasteiger partial charge is 0.274 e. The van der Waals surface area contributed by atoms with E-state index in [4.69, 9.17) is 16.3 Å². The molecule has 0 aliphatic carbocycles. The Labute approximate surface area is 167 Å². The Kier molecular flexibility index (Phi) is 4.41. The van der Waals surface area contributed by atoms with Gasteiger partial charge in [0.15, 0.2) is 11.3 Å². The number of hydrogen-bond donors (Lipinski definition) is 0. The van der Waals surface area contributed by atoms with Crippen molar-refractivity contribution in [2.75, 3.05) is 37.7 Å². The standard InChI is InChI=1S/C20H20ClN5O2/c21-15-11-22-19-10-17(23-26(19)12-15)20(27)25-5-4-14-2-1-3-18(16(14)13-25)24-6-8-28-9-7-24/h1-3,10-12H,4-9,13H2. The van der Waals surface area contributed by atoms with E-state index in [0.29, 0.717) is 29.5 Å². The first-order valence-corrected chi connectivity index (χ1v) is 9.80. The summed E-state index contributed by atoms with van der Waals surface area (Å²) in [5.74, 6) is -0.0796. The minimum absolute atomic E-state index is 0.0796. The number of fused-ring (bicyclic) bond motifs is 2. The normalized spacial score (nSPS) is 17.0. The molecule has 3 aromatic rings. The van der Waals surface area contributed by atoms with E-state index in [-0.39, 0.29) is 5.91 Å². The molecule has 1 aromatic carbocycles. The van der Waals surface area contributed by atoms with Crippen molar-refractivity contribution >= 4 is 28.8 Å². The lowest BCUT2D eigenvalue weighted by Gasteiger charge is -2.35. The van der Waals surface area contributed by atoms with Gasteiger partial charge in [-0.3, -0.25) is 4.79 Å². The highest BCUT2D eigenvalue weighted by molar-refractivity contribution is 6.30. The Morgan fingerprint density at radius 3 is 2.89 bits per heavy atom. The van der Waals surface area contributed by atoms with Crippen LogP contribution >= 0.6 is 11.6 Å². The van der Waals surface area contributed by atoms with Gasteiger partial charge in [0, 0.05) is 44.1 Å². The zero-order valence-electron chi connectivity index (χ0n) is 15.3. The molecule has 0 spiro atoms. The fraction of sp³-hybridized carbons (Fsp3) is 0.350. The van der Waals surface area contributed by atoms with E-state index in [1.807, 2.05) is 4.90 Å². The van der Waals surface area contributed by atoms with E-state index >= 15 is 0 Å². The molecule has 1 fully saturated rings. The van der Waals surface area contributed by atoms with Crippen molar-refractivity contribution < 1.29 is 9.53 Å². The van der Waals surface area contributed by atoms with E-state index < -0.39 is 0 Å². The molecule has 8 heteroatoms. The predicted octanol–water partition coefficient (Wildman–Crippen LogP) is 2.42. The average Bonchev–Trinajstić information content (AvgIpc) is 3.16. The van der Waals surface area contributed by atoms with Crippen LogP contribution in [-0.4, -0.2) is 58.3 Å². The van der Waals surface area contributed by atoms with Crippen LogP contribution in [0.15, 0.2) is 36.7 Å². The van der Waals surface area contributed by atoms with Crippen molar-refractivity contribution in [3.63, 3.8) is 0 Å². The minimum atomic E-state index is -0.0796. The summed E-state index contributed by atoms with van der Waals surface area (Å²) >= 11 is 5.97. The van der Waals surface area contributed by atoms with Crippen LogP contribution in [0.4, 0.5) is 5.69 Å². The molecular formula is C20H20ClN5O2. The number of nitrogens with zero attached hydrogens (tertiary/aromatic N) is 5. The minimum Gasteiger partial charge on any atom is -0.378 e. The van der Waals surface area contributed by atoms with Crippen molar-refractivity contribution in [3.8, 4) is 0 Å². The lowest BCUT2D eigenvalue weighted by Crippen LogP contribution is -2.40. The van der Waals surface area contributed by atoms with Gasteiger partial charge in [0.05, 0.1) is 24.4 Å². The summed E-state index contributed by atoms with van der Waals surface area (Å²) in [6.07, 6.45) is 4.05. The summed E-state index contributed by atoms with van der Waals surface area (Å²) in [5, 5.41) is 4.85. The number of anilines is 1. The summed E-state index contributed by atoms with van der Waals surface area (Å²) in [6.45, 7) is 4.50. The van der Waals surface area contributed by atoms with Gasteiger partial charge in [0.25, 0.3) is 5.91 Å². The molecule has 144 valence electrons. The highest BCUT2D eigenvalue weighted by Crippen LogP contribution is 2.30. The summed E-state index contributed by atoms with van der Waals surface area (Å²) in [6, 6.07) is 8.13. The Balaban J connectivity index is 1.43. The van der Waals surface area contributed by atoms with Gasteiger partial charge in [-0.1, -0.05) is 23.7 Å². The van der Waals surface area contributed by atoms with Gasteiger partial charge in [-0.05, 0) is 23.6 Å². The monoisotopic (exact) mass is 397 g/mol. The predicted molar refractivity (Wildman–Crippen MR) is 106 cm³/mol. The number of aromatic nitrogens is 3. The van der Waals surface area contributed by atoms with Crippen LogP contribution in [-0.2, 0) is 17.7 Å². The topological polar surface area (TPSA) is 63.0 Å². The zero-order chi connectivity index (χ0) is 19.1. The second kappa shape index (κ2) is 7.07. The quantitative estimate of drug-likeness (QED) is 0.664. The van der Waals surface area contributed by atoms with Gasteiger partial charge in [-0.25, -0.2) is 9.50 Å². The molecule has 7 nitrogen and oxygen atoms in total. The average molecular weight is 398 g/mol. The van der Waals surface area contributed by atoms with Gasteiger partial charge in [0.2, 0.25) is 0 Å². The SMILES string of the molecule is O=C(c1cc2ncc(Cl)cn2n1)N1CCc2cccc(N3CCOCC3)c2C1. The number of ether oxygens (including phenoxy) is 1. The molecule has 0 atom stereocenters. The van der Waals surface area contributed by atoms with Crippen LogP contribution < -0.4 is 4.90 Å². The number of benzene rings is 1. The molecule has 0 unspecified atom stereocenters. The van der Waals surface area contributed by atoms with Gasteiger partial charge in [-0.15, -0.1) is 0 Å². The van der Waals surface area contributed by atoms with Crippen LogP contribution in [0.2, 0.25) is 5.02 Å². The van der Waals surface area contributed by atoms with Crippen molar-refractivity contribution in [2.45, 2.75) is 13.0 Å². The zero-order valence-corrected chi connectivity index (χ0v) is 16.1. The molecule has 1 amide bonds. The van der Waals surface area contributed by atoms with E-state index in [9.17, 15) is 4.79 Å². The Morgan fingerprint density at radius 2 is 2.04 bits per heavy atom. The van der Waals surface area contributed by atoms with Crippen molar-refractivity contribution in [3.05, 3.63) is 58.5 Å². The number of hydrogen-bond acceptors (Lipinski definition) is 5. The van der Waals surface area contributed by atoms with Crippen LogP contribution in [0.25, 0.3) is 5.65 Å². The third kappa shape index (κ3) is 3.10. The molecule has 2 aliphatic heterocycles. The molecule has 1 saturated heterocycles. The summed E-state index contributed by atoms with van der Waals surface area (Å²) in [7, 11) is 0. The summed E-state index contributed by atoms with van der Waals surface area (Å²) < 4.78 is 7.04. The highest BCUT2D eigenvalue weighted by atomic mass is 35.5. The Bertz CT molecular complexity index is 1040. The van der Waals surface area contributed by atoms with Crippen molar-refractivity contribution in [2.24, 2.45) is 0 Å². The van der Waals surface area contributed by atoms with E-state index in [2.05, 4.69) is 33.2 Å². The van der Waals surface area contributed by atoms with Crippen LogP contribution in [0.1, 0.15) is 21.6 Å². The molecule has 28 heavy (non-hydrogen) atoms. The van der Waals surface area contributed by atoms with Gasteiger partial charge in [-0.2, -0.15) is 5.10 Å². The molecule has 5 rings (SSSR count). The Hall–Kier alpha value is -2.64. The number of carbonyl (C=O) groups is 1. The number of amides is 1. The maximum absolute atomic E-state index is 13.1. The van der Waals surface area contributed by atoms with Gasteiger partial charge < -0.3 is 14.5 Å². The molecule has 4 heterocycles. The molecule has 0 saturated carbocycles. The fourth-order valence-electron chi connectivity index (χ4n) is 3.96. The van der Waals surface area contributed by atoms with Crippen LogP contribution in [0.3, 0.4) is 0 Å². The fourth-order valence-corrected chi connectivity index (χ4v) is 4.10. The molecule has 2 aliphatic rings. The first kappa shape index (κ1) is 17.5. The molecular weight excluding hydrogens is 378 g/mol. The van der Waals surface area contributed by atoms with Crippen LogP contribution in [0.5, 0.6) is 0 Å². The van der Waals surface area contributed by atoms with Gasteiger partial charge in [0.1, 0.15) is 0 Å². The number of morpholine rings is 1. The maximum atomic E-state index is 13.1. The Morgan fingerprint density at radius 1 is 1.18 bits per heavy atom. The number of rotatable bonds is 2. The number of carbonyl (C=O) groups excluding carboxylic acids is 1. The van der Waals surface area contributed by atoms with Crippen LogP contribution in [0, 0.1) is 0 Å². The lowest BCUT2D eigenvalue weighted by atomic mass is 9.97. The highest BCUT2D eigenvalue weighted by Gasteiger charge is 2.27. The third-order valence-corrected chi connectivity index (χ3v) is 5.58. The van der Waals surface area contributed by atoms with Crippen molar-refractivity contribution in [1.82, 2.24) is 19.5 Å². The molecule has 0 N–H and O–H groups in total. The maximum Gasteiger partial charge on any atom is 0.274 e. The lowest BCUT2D eigenvalue weighted by molar-refractivity contribution is 0.0728. The van der Waals surface area contributed by atoms with Crippen molar-refractivity contribution in [1.29, 1.82) is 0 Å². The van der Waals surface area contributed by atoms with E-state index in [1.54, 1.807) is 23.0 Å². The number of halogens is 1. The molecule has 2 aromatic heterocycles. The van der Waals surface area contributed by atoms with E-state index in [1.165, 1.54) is 16.8 Å². The first-order chi connectivity index (χ1) is 13.7. The summed E-state index contributed by atoms with van der Waals surface area (Å²) in [4.78, 5) is 21.6. The summed E-state index contributed by atoms with van der Waals surface area (Å²) in [5.41, 5.74) is 4.76. The molecule has 0 radical (unpaired) electrons. The second-order valence-corrected chi connectivity index (χ2v) is 7.53. The third-order valence-electron chi connectivity index (χ3n) is 5.39. The second-order valence-electron chi connectivity index (χ2n) is 7.10. The largest absolute Gasteiger partial charge is 0.378 e. The first-order valence-electron chi connectivity index (χ1n) is 9.43. The van der Waals surface area contributed by atoms with Gasteiger partial charge >= 0.3 is 0 Å².